The Hall–Kier alpha value is -2.44. The smallest absolute Gasteiger partial charge is 0.323 e. The summed E-state index contributed by atoms with van der Waals surface area (Å²) in [4.78, 5) is 35.7. The van der Waals surface area contributed by atoms with Gasteiger partial charge in [-0.25, -0.2) is 4.39 Å². The van der Waals surface area contributed by atoms with Crippen molar-refractivity contribution < 1.29 is 23.9 Å². The molecule has 6 nitrogen and oxygen atoms in total. The number of nitrogens with zero attached hydrogens (tertiary/aromatic N) is 1. The van der Waals surface area contributed by atoms with Crippen LogP contribution < -0.4 is 5.32 Å². The van der Waals surface area contributed by atoms with Gasteiger partial charge in [0.1, 0.15) is 12.4 Å². The topological polar surface area (TPSA) is 86.7 Å². The summed E-state index contributed by atoms with van der Waals surface area (Å²) in [5, 5.41) is 11.2. The van der Waals surface area contributed by atoms with E-state index in [0.717, 1.165) is 12.8 Å². The molecule has 118 valence electrons. The Labute approximate surface area is 126 Å². The maximum Gasteiger partial charge on any atom is 0.323 e. The van der Waals surface area contributed by atoms with Gasteiger partial charge in [0, 0.05) is 6.04 Å². The highest BCUT2D eigenvalue weighted by molar-refractivity contribution is 5.87. The summed E-state index contributed by atoms with van der Waals surface area (Å²) in [6, 6.07) is 5.62. The summed E-state index contributed by atoms with van der Waals surface area (Å²) >= 11 is 0. The van der Waals surface area contributed by atoms with Gasteiger partial charge < -0.3 is 15.3 Å². The zero-order valence-corrected chi connectivity index (χ0v) is 11.9. The van der Waals surface area contributed by atoms with Gasteiger partial charge in [-0.15, -0.1) is 0 Å². The van der Waals surface area contributed by atoms with Gasteiger partial charge in [0.2, 0.25) is 11.8 Å². The summed E-state index contributed by atoms with van der Waals surface area (Å²) < 4.78 is 13.0. The van der Waals surface area contributed by atoms with Crippen molar-refractivity contribution in [2.75, 3.05) is 13.1 Å². The van der Waals surface area contributed by atoms with Crippen molar-refractivity contribution >= 4 is 17.8 Å². The van der Waals surface area contributed by atoms with E-state index in [4.69, 9.17) is 5.11 Å². The van der Waals surface area contributed by atoms with E-state index in [2.05, 4.69) is 5.32 Å². The van der Waals surface area contributed by atoms with Crippen LogP contribution in [0.1, 0.15) is 18.4 Å². The monoisotopic (exact) mass is 308 g/mol. The summed E-state index contributed by atoms with van der Waals surface area (Å²) in [7, 11) is 0. The Kier molecular flexibility index (Phi) is 5.08. The second kappa shape index (κ2) is 7.02. The van der Waals surface area contributed by atoms with Crippen LogP contribution in [0.15, 0.2) is 24.3 Å². The molecule has 22 heavy (non-hydrogen) atoms. The van der Waals surface area contributed by atoms with E-state index in [0.29, 0.717) is 5.56 Å². The van der Waals surface area contributed by atoms with Crippen molar-refractivity contribution in [3.63, 3.8) is 0 Å². The van der Waals surface area contributed by atoms with Gasteiger partial charge in [0.25, 0.3) is 0 Å². The van der Waals surface area contributed by atoms with Gasteiger partial charge in [0.05, 0.1) is 13.0 Å². The van der Waals surface area contributed by atoms with Crippen LogP contribution >= 0.6 is 0 Å². The molecule has 7 heteroatoms. The van der Waals surface area contributed by atoms with Crippen LogP contribution in [0.3, 0.4) is 0 Å². The van der Waals surface area contributed by atoms with Crippen molar-refractivity contribution in [1.29, 1.82) is 0 Å². The maximum absolute atomic E-state index is 13.0. The third-order valence-electron chi connectivity index (χ3n) is 3.30. The first-order chi connectivity index (χ1) is 10.5. The summed E-state index contributed by atoms with van der Waals surface area (Å²) in [6.45, 7) is -0.610. The lowest BCUT2D eigenvalue weighted by atomic mass is 10.1. The van der Waals surface area contributed by atoms with E-state index in [1.54, 1.807) is 6.07 Å². The highest BCUT2D eigenvalue weighted by Gasteiger charge is 2.33. The first kappa shape index (κ1) is 15.9. The van der Waals surface area contributed by atoms with Gasteiger partial charge in [-0.1, -0.05) is 12.1 Å². The van der Waals surface area contributed by atoms with Crippen LogP contribution in [0.2, 0.25) is 0 Å². The number of halogens is 1. The largest absolute Gasteiger partial charge is 0.480 e. The van der Waals surface area contributed by atoms with Crippen molar-refractivity contribution in [2.45, 2.75) is 25.3 Å². The normalized spacial score (nSPS) is 13.5. The molecular formula is C15H17FN2O4. The zero-order chi connectivity index (χ0) is 16.1. The minimum atomic E-state index is -1.08. The van der Waals surface area contributed by atoms with Gasteiger partial charge in [-0.05, 0) is 30.5 Å². The molecule has 1 fully saturated rings. The fraction of sp³-hybridized carbons (Fsp3) is 0.400. The molecule has 1 saturated carbocycles. The predicted octanol–water partition coefficient (Wildman–Crippen LogP) is 0.560. The van der Waals surface area contributed by atoms with E-state index in [-0.39, 0.29) is 25.6 Å². The number of hydrogen-bond acceptors (Lipinski definition) is 3. The Bertz CT molecular complexity index is 587. The first-order valence-electron chi connectivity index (χ1n) is 6.98. The number of benzene rings is 1. The van der Waals surface area contributed by atoms with Crippen molar-refractivity contribution in [3.8, 4) is 0 Å². The minimum absolute atomic E-state index is 0.0343. The fourth-order valence-corrected chi connectivity index (χ4v) is 2.12. The molecular weight excluding hydrogens is 291 g/mol. The lowest BCUT2D eigenvalue weighted by Crippen LogP contribution is -2.44. The van der Waals surface area contributed by atoms with E-state index in [1.165, 1.54) is 23.1 Å². The first-order valence-corrected chi connectivity index (χ1v) is 6.98. The van der Waals surface area contributed by atoms with E-state index in [9.17, 15) is 18.8 Å². The average Bonchev–Trinajstić information content (AvgIpc) is 3.26. The van der Waals surface area contributed by atoms with Crippen LogP contribution in [-0.2, 0) is 20.8 Å². The lowest BCUT2D eigenvalue weighted by Gasteiger charge is -2.20. The molecule has 1 aliphatic carbocycles. The molecule has 2 amide bonds. The molecule has 2 rings (SSSR count). The number of aliphatic carboxylic acids is 1. The third-order valence-corrected chi connectivity index (χ3v) is 3.30. The second-order valence-electron chi connectivity index (χ2n) is 5.23. The van der Waals surface area contributed by atoms with E-state index >= 15 is 0 Å². The highest BCUT2D eigenvalue weighted by atomic mass is 19.1. The van der Waals surface area contributed by atoms with Gasteiger partial charge in [0.15, 0.2) is 0 Å². The Morgan fingerprint density at radius 3 is 2.64 bits per heavy atom. The molecule has 1 aromatic carbocycles. The zero-order valence-electron chi connectivity index (χ0n) is 11.9. The molecule has 0 unspecified atom stereocenters. The molecule has 0 aromatic heterocycles. The molecule has 2 N–H and O–H groups in total. The molecule has 0 saturated heterocycles. The number of amides is 2. The summed E-state index contributed by atoms with van der Waals surface area (Å²) in [6.07, 6.45) is 1.54. The molecule has 0 aliphatic heterocycles. The van der Waals surface area contributed by atoms with Gasteiger partial charge in [-0.3, -0.25) is 14.4 Å². The molecule has 0 spiro atoms. The number of nitrogens with one attached hydrogen (secondary N) is 1. The number of rotatable bonds is 7. The van der Waals surface area contributed by atoms with Crippen molar-refractivity contribution in [1.82, 2.24) is 10.2 Å². The SMILES string of the molecule is O=C(O)CN(C(=O)CNC(=O)Cc1cccc(F)c1)C1CC1. The molecule has 0 atom stereocenters. The van der Waals surface area contributed by atoms with Crippen LogP contribution in [0.5, 0.6) is 0 Å². The molecule has 0 bridgehead atoms. The number of carbonyl (C=O) groups is 3. The van der Waals surface area contributed by atoms with E-state index in [1.807, 2.05) is 0 Å². The fourth-order valence-electron chi connectivity index (χ4n) is 2.12. The van der Waals surface area contributed by atoms with Crippen molar-refractivity contribution in [3.05, 3.63) is 35.6 Å². The van der Waals surface area contributed by atoms with Crippen LogP contribution in [-0.4, -0.2) is 46.9 Å². The third kappa shape index (κ3) is 4.83. The molecule has 1 aromatic rings. The van der Waals surface area contributed by atoms with Crippen molar-refractivity contribution in [2.24, 2.45) is 0 Å². The molecule has 0 heterocycles. The number of carbonyl (C=O) groups excluding carboxylic acids is 2. The van der Waals surface area contributed by atoms with E-state index < -0.39 is 23.6 Å². The van der Waals surface area contributed by atoms with Crippen LogP contribution in [0.4, 0.5) is 4.39 Å². The van der Waals surface area contributed by atoms with Gasteiger partial charge >= 0.3 is 5.97 Å². The quantitative estimate of drug-likeness (QED) is 0.770. The highest BCUT2D eigenvalue weighted by Crippen LogP contribution is 2.26. The Morgan fingerprint density at radius 1 is 1.32 bits per heavy atom. The predicted molar refractivity (Wildman–Crippen MR) is 75.5 cm³/mol. The molecule has 0 radical (unpaired) electrons. The van der Waals surface area contributed by atoms with Crippen LogP contribution in [0, 0.1) is 5.82 Å². The maximum atomic E-state index is 13.0. The summed E-state index contributed by atoms with van der Waals surface area (Å²) in [5.41, 5.74) is 0.509. The van der Waals surface area contributed by atoms with Crippen LogP contribution in [0.25, 0.3) is 0 Å². The Morgan fingerprint density at radius 2 is 2.05 bits per heavy atom. The Balaban J connectivity index is 1.82. The lowest BCUT2D eigenvalue weighted by molar-refractivity contribution is -0.144. The molecule has 1 aliphatic rings. The average molecular weight is 308 g/mol. The second-order valence-corrected chi connectivity index (χ2v) is 5.23. The van der Waals surface area contributed by atoms with Gasteiger partial charge in [-0.2, -0.15) is 0 Å². The summed E-state index contributed by atoms with van der Waals surface area (Å²) in [5.74, 6) is -2.34. The number of carboxylic acid groups (broad SMARTS) is 1. The number of hydrogen-bond donors (Lipinski definition) is 2. The number of carboxylic acids is 1. The standard InChI is InChI=1S/C15H17FN2O4/c16-11-3-1-2-10(6-11)7-13(19)17-8-14(20)18(9-15(21)22)12-4-5-12/h1-3,6,12H,4-5,7-9H2,(H,17,19)(H,21,22). The minimum Gasteiger partial charge on any atom is -0.480 e.